The molecule has 2 rings (SSSR count). The Labute approximate surface area is 112 Å². The second-order valence-corrected chi connectivity index (χ2v) is 5.43. The summed E-state index contributed by atoms with van der Waals surface area (Å²) in [6.45, 7) is 0. The summed E-state index contributed by atoms with van der Waals surface area (Å²) in [6.07, 6.45) is 1.33. The van der Waals surface area contributed by atoms with Crippen LogP contribution < -0.4 is 4.74 Å². The van der Waals surface area contributed by atoms with Crippen LogP contribution in [0.15, 0.2) is 63.9 Å². The summed E-state index contributed by atoms with van der Waals surface area (Å²) in [4.78, 5) is 0.139. The number of methoxy groups -OCH3 is 1. The zero-order chi connectivity index (χ0) is 13.7. The van der Waals surface area contributed by atoms with Crippen molar-refractivity contribution < 1.29 is 13.2 Å². The summed E-state index contributed by atoms with van der Waals surface area (Å²) in [5.74, 6) is 0.603. The van der Waals surface area contributed by atoms with Crippen molar-refractivity contribution in [3.8, 4) is 5.75 Å². The summed E-state index contributed by atoms with van der Waals surface area (Å²) >= 11 is 0. The maximum Gasteiger partial charge on any atom is 0.282 e. The molecule has 0 spiro atoms. The third-order valence-corrected chi connectivity index (χ3v) is 3.75. The minimum absolute atomic E-state index is 0.139. The van der Waals surface area contributed by atoms with Crippen molar-refractivity contribution >= 4 is 16.2 Å². The van der Waals surface area contributed by atoms with Crippen LogP contribution >= 0.6 is 0 Å². The van der Waals surface area contributed by atoms with Crippen molar-refractivity contribution in [2.75, 3.05) is 7.11 Å². The highest BCUT2D eigenvalue weighted by Crippen LogP contribution is 2.17. The zero-order valence-electron chi connectivity index (χ0n) is 10.4. The topological polar surface area (TPSA) is 55.7 Å². The number of rotatable bonds is 4. The van der Waals surface area contributed by atoms with Crippen LogP contribution in [0.3, 0.4) is 0 Å². The molecular formula is C14H13NO3S. The third kappa shape index (κ3) is 3.42. The summed E-state index contributed by atoms with van der Waals surface area (Å²) in [5, 5.41) is 0. The molecule has 0 N–H and O–H groups in total. The maximum atomic E-state index is 12.0. The first-order chi connectivity index (χ1) is 9.12. The first-order valence-electron chi connectivity index (χ1n) is 5.61. The number of sulfonamides is 1. The van der Waals surface area contributed by atoms with Gasteiger partial charge in [0.05, 0.1) is 12.0 Å². The molecule has 0 aromatic heterocycles. The largest absolute Gasteiger partial charge is 0.497 e. The van der Waals surface area contributed by atoms with E-state index in [4.69, 9.17) is 4.74 Å². The van der Waals surface area contributed by atoms with Crippen LogP contribution in [0.5, 0.6) is 5.75 Å². The lowest BCUT2D eigenvalue weighted by molar-refractivity contribution is 0.414. The molecule has 2 aromatic rings. The van der Waals surface area contributed by atoms with Gasteiger partial charge in [-0.25, -0.2) is 0 Å². The fourth-order valence-electron chi connectivity index (χ4n) is 1.48. The molecule has 0 bridgehead atoms. The van der Waals surface area contributed by atoms with E-state index in [2.05, 4.69) is 4.40 Å². The van der Waals surface area contributed by atoms with Gasteiger partial charge < -0.3 is 4.74 Å². The zero-order valence-corrected chi connectivity index (χ0v) is 11.2. The molecule has 0 fully saturated rings. The number of ether oxygens (including phenoxy) is 1. The van der Waals surface area contributed by atoms with Crippen molar-refractivity contribution in [1.82, 2.24) is 0 Å². The van der Waals surface area contributed by atoms with E-state index < -0.39 is 10.0 Å². The van der Waals surface area contributed by atoms with Crippen LogP contribution in [-0.2, 0) is 10.0 Å². The van der Waals surface area contributed by atoms with Gasteiger partial charge in [0.15, 0.2) is 0 Å². The monoisotopic (exact) mass is 275 g/mol. The lowest BCUT2D eigenvalue weighted by atomic mass is 10.2. The van der Waals surface area contributed by atoms with Crippen LogP contribution in [-0.4, -0.2) is 21.7 Å². The second-order valence-electron chi connectivity index (χ2n) is 3.80. The van der Waals surface area contributed by atoms with Crippen molar-refractivity contribution in [1.29, 1.82) is 0 Å². The van der Waals surface area contributed by atoms with Gasteiger partial charge in [0.25, 0.3) is 10.0 Å². The van der Waals surface area contributed by atoms with Crippen molar-refractivity contribution in [2.45, 2.75) is 4.90 Å². The first kappa shape index (κ1) is 13.3. The Kier molecular flexibility index (Phi) is 3.97. The highest BCUT2D eigenvalue weighted by Gasteiger charge is 2.11. The van der Waals surface area contributed by atoms with Crippen molar-refractivity contribution in [3.63, 3.8) is 0 Å². The fraction of sp³-hybridized carbons (Fsp3) is 0.0714. The van der Waals surface area contributed by atoms with Crippen LogP contribution in [0.25, 0.3) is 0 Å². The molecule has 4 nitrogen and oxygen atoms in total. The summed E-state index contributed by atoms with van der Waals surface area (Å²) < 4.78 is 32.6. The van der Waals surface area contributed by atoms with E-state index in [-0.39, 0.29) is 4.90 Å². The first-order valence-corrected chi connectivity index (χ1v) is 7.05. The molecule has 0 aliphatic rings. The Bertz CT molecular complexity index is 662. The van der Waals surface area contributed by atoms with Crippen LogP contribution in [0.2, 0.25) is 0 Å². The fourth-order valence-corrected chi connectivity index (χ4v) is 2.34. The maximum absolute atomic E-state index is 12.0. The highest BCUT2D eigenvalue weighted by atomic mass is 32.2. The number of hydrogen-bond acceptors (Lipinski definition) is 3. The van der Waals surface area contributed by atoms with Gasteiger partial charge in [-0.2, -0.15) is 12.8 Å². The lowest BCUT2D eigenvalue weighted by Crippen LogP contribution is -1.97. The summed E-state index contributed by atoms with van der Waals surface area (Å²) in [6, 6.07) is 15.2. The van der Waals surface area contributed by atoms with E-state index in [1.807, 2.05) is 18.2 Å². The Hall–Kier alpha value is -2.14. The van der Waals surface area contributed by atoms with Gasteiger partial charge in [-0.15, -0.1) is 0 Å². The van der Waals surface area contributed by atoms with E-state index >= 15 is 0 Å². The Balaban J connectivity index is 2.25. The third-order valence-electron chi connectivity index (χ3n) is 2.50. The van der Waals surface area contributed by atoms with E-state index in [0.29, 0.717) is 5.75 Å². The van der Waals surface area contributed by atoms with Gasteiger partial charge >= 0.3 is 0 Å². The van der Waals surface area contributed by atoms with Gasteiger partial charge in [-0.1, -0.05) is 30.3 Å². The quantitative estimate of drug-likeness (QED) is 0.806. The molecule has 0 atom stereocenters. The minimum Gasteiger partial charge on any atom is -0.497 e. The average Bonchev–Trinajstić information content (AvgIpc) is 2.46. The average molecular weight is 275 g/mol. The van der Waals surface area contributed by atoms with Crippen LogP contribution in [0.1, 0.15) is 5.56 Å². The SMILES string of the molecule is COc1ccc(S(=O)(=O)/N=C\c2ccccc2)cc1. The van der Waals surface area contributed by atoms with Gasteiger partial charge in [-0.3, -0.25) is 0 Å². The Morgan fingerprint density at radius 2 is 1.63 bits per heavy atom. The van der Waals surface area contributed by atoms with Gasteiger partial charge in [-0.05, 0) is 29.8 Å². The van der Waals surface area contributed by atoms with Gasteiger partial charge in [0.1, 0.15) is 5.75 Å². The standard InChI is InChI=1S/C14H13NO3S/c1-18-13-7-9-14(10-8-13)19(16,17)15-11-12-5-3-2-4-6-12/h2-11H,1H3/b15-11-. The molecule has 0 aliphatic carbocycles. The minimum atomic E-state index is -3.67. The molecule has 2 aromatic carbocycles. The molecule has 0 amide bonds. The van der Waals surface area contributed by atoms with E-state index in [0.717, 1.165) is 5.56 Å². The molecule has 0 saturated heterocycles. The second kappa shape index (κ2) is 5.67. The highest BCUT2D eigenvalue weighted by molar-refractivity contribution is 7.90. The van der Waals surface area contributed by atoms with Crippen LogP contribution in [0.4, 0.5) is 0 Å². The lowest BCUT2D eigenvalue weighted by Gasteiger charge is -2.01. The van der Waals surface area contributed by atoms with Crippen LogP contribution in [0, 0.1) is 0 Å². The molecule has 0 unspecified atom stereocenters. The Morgan fingerprint density at radius 1 is 1.00 bits per heavy atom. The predicted molar refractivity (Wildman–Crippen MR) is 74.2 cm³/mol. The molecule has 98 valence electrons. The number of hydrogen-bond donors (Lipinski definition) is 0. The van der Waals surface area contributed by atoms with E-state index in [1.54, 1.807) is 24.3 Å². The summed E-state index contributed by atoms with van der Waals surface area (Å²) in [5.41, 5.74) is 0.736. The molecule has 0 saturated carbocycles. The molecule has 5 heteroatoms. The molecule has 19 heavy (non-hydrogen) atoms. The molecule has 0 heterocycles. The smallest absolute Gasteiger partial charge is 0.282 e. The summed E-state index contributed by atoms with van der Waals surface area (Å²) in [7, 11) is -2.14. The van der Waals surface area contributed by atoms with E-state index in [9.17, 15) is 8.42 Å². The molecule has 0 radical (unpaired) electrons. The van der Waals surface area contributed by atoms with E-state index in [1.165, 1.54) is 25.5 Å². The predicted octanol–water partition coefficient (Wildman–Crippen LogP) is 2.50. The van der Waals surface area contributed by atoms with Gasteiger partial charge in [0, 0.05) is 6.21 Å². The molecule has 0 aliphatic heterocycles. The number of nitrogens with zero attached hydrogens (tertiary/aromatic N) is 1. The van der Waals surface area contributed by atoms with Crippen molar-refractivity contribution in [2.24, 2.45) is 4.40 Å². The van der Waals surface area contributed by atoms with Crippen molar-refractivity contribution in [3.05, 3.63) is 60.2 Å². The number of benzene rings is 2. The normalized spacial score (nSPS) is 11.6. The Morgan fingerprint density at radius 3 is 2.21 bits per heavy atom. The van der Waals surface area contributed by atoms with Gasteiger partial charge in [0.2, 0.25) is 0 Å². The molecular weight excluding hydrogens is 262 g/mol.